The van der Waals surface area contributed by atoms with Gasteiger partial charge in [-0.05, 0) is 65.4 Å². The van der Waals surface area contributed by atoms with Gasteiger partial charge in [0, 0.05) is 6.54 Å². The number of benzene rings is 3. The van der Waals surface area contributed by atoms with Crippen molar-refractivity contribution in [2.75, 3.05) is 26.9 Å². The van der Waals surface area contributed by atoms with Gasteiger partial charge in [-0.1, -0.05) is 42.5 Å². The molecule has 170 valence electrons. The van der Waals surface area contributed by atoms with Gasteiger partial charge in [0.05, 0.1) is 13.2 Å². The summed E-state index contributed by atoms with van der Waals surface area (Å²) in [5.74, 6) is 3.17. The van der Waals surface area contributed by atoms with Crippen LogP contribution in [-0.2, 0) is 13.0 Å². The number of fused-ring (bicyclic) bond motifs is 2. The average molecular weight is 444 g/mol. The Bertz CT molecular complexity index is 1160. The SMILES string of the molecule is COc1cc2c(cc1OCc1ccccc1)CCNC2/C=C/c1cc2c(cc1C)OCCO2. The van der Waals surface area contributed by atoms with Gasteiger partial charge in [0.15, 0.2) is 23.0 Å². The fourth-order valence-electron chi connectivity index (χ4n) is 4.36. The van der Waals surface area contributed by atoms with Crippen LogP contribution in [0.2, 0.25) is 0 Å². The Morgan fingerprint density at radius 1 is 1.00 bits per heavy atom. The Balaban J connectivity index is 1.38. The van der Waals surface area contributed by atoms with E-state index in [0.29, 0.717) is 19.8 Å². The van der Waals surface area contributed by atoms with Crippen LogP contribution in [-0.4, -0.2) is 26.9 Å². The molecule has 0 aliphatic carbocycles. The molecule has 0 bridgehead atoms. The van der Waals surface area contributed by atoms with Crippen LogP contribution in [0.5, 0.6) is 23.0 Å². The van der Waals surface area contributed by atoms with Gasteiger partial charge in [-0.15, -0.1) is 0 Å². The molecular weight excluding hydrogens is 414 g/mol. The highest BCUT2D eigenvalue weighted by molar-refractivity contribution is 5.61. The molecule has 3 aromatic rings. The molecule has 1 atom stereocenters. The van der Waals surface area contributed by atoms with Crippen molar-refractivity contribution in [2.24, 2.45) is 0 Å². The van der Waals surface area contributed by atoms with Gasteiger partial charge < -0.3 is 24.3 Å². The molecule has 33 heavy (non-hydrogen) atoms. The summed E-state index contributed by atoms with van der Waals surface area (Å²) in [4.78, 5) is 0. The van der Waals surface area contributed by atoms with Crippen LogP contribution in [0, 0.1) is 6.92 Å². The first-order valence-corrected chi connectivity index (χ1v) is 11.4. The second-order valence-corrected chi connectivity index (χ2v) is 8.37. The fraction of sp³-hybridized carbons (Fsp3) is 0.286. The molecule has 0 amide bonds. The van der Waals surface area contributed by atoms with Gasteiger partial charge >= 0.3 is 0 Å². The predicted octanol–water partition coefficient (Wildman–Crippen LogP) is 5.25. The average Bonchev–Trinajstić information content (AvgIpc) is 2.86. The van der Waals surface area contributed by atoms with E-state index in [1.165, 1.54) is 11.1 Å². The van der Waals surface area contributed by atoms with Crippen molar-refractivity contribution < 1.29 is 18.9 Å². The Kier molecular flexibility index (Phi) is 6.22. The standard InChI is InChI=1S/C28H29NO4/c1-19-14-26-28(32-13-12-31-26)15-21(19)8-9-24-23-17-25(30-2)27(16-22(23)10-11-29-24)33-18-20-6-4-3-5-7-20/h3-9,14-17,24,29H,10-13,18H2,1-2H3/b9-8+. The number of rotatable bonds is 6. The molecule has 1 unspecified atom stereocenters. The van der Waals surface area contributed by atoms with Gasteiger partial charge in [0.1, 0.15) is 19.8 Å². The highest BCUT2D eigenvalue weighted by atomic mass is 16.6. The Hall–Kier alpha value is -3.44. The summed E-state index contributed by atoms with van der Waals surface area (Å²) in [7, 11) is 1.69. The summed E-state index contributed by atoms with van der Waals surface area (Å²) >= 11 is 0. The van der Waals surface area contributed by atoms with Gasteiger partial charge in [-0.2, -0.15) is 0 Å². The smallest absolute Gasteiger partial charge is 0.161 e. The summed E-state index contributed by atoms with van der Waals surface area (Å²) in [6.07, 6.45) is 5.32. The lowest BCUT2D eigenvalue weighted by Gasteiger charge is -2.26. The normalized spacial score (nSPS) is 17.0. The van der Waals surface area contributed by atoms with Crippen molar-refractivity contribution in [2.45, 2.75) is 26.0 Å². The maximum atomic E-state index is 6.12. The quantitative estimate of drug-likeness (QED) is 0.564. The predicted molar refractivity (Wildman–Crippen MR) is 129 cm³/mol. The lowest BCUT2D eigenvalue weighted by atomic mass is 9.92. The summed E-state index contributed by atoms with van der Waals surface area (Å²) in [6, 6.07) is 18.6. The van der Waals surface area contributed by atoms with Crippen molar-refractivity contribution in [1.82, 2.24) is 5.32 Å². The number of methoxy groups -OCH3 is 1. The van der Waals surface area contributed by atoms with E-state index in [2.05, 4.69) is 60.8 Å². The fourth-order valence-corrected chi connectivity index (χ4v) is 4.36. The van der Waals surface area contributed by atoms with Gasteiger partial charge in [0.2, 0.25) is 0 Å². The van der Waals surface area contributed by atoms with Crippen LogP contribution in [0.15, 0.2) is 60.7 Å². The van der Waals surface area contributed by atoms with Crippen LogP contribution in [0.25, 0.3) is 6.08 Å². The number of hydrogen-bond acceptors (Lipinski definition) is 5. The Morgan fingerprint density at radius 3 is 2.58 bits per heavy atom. The summed E-state index contributed by atoms with van der Waals surface area (Å²) in [5.41, 5.74) is 5.93. The number of hydrogen-bond donors (Lipinski definition) is 1. The van der Waals surface area contributed by atoms with E-state index in [1.54, 1.807) is 7.11 Å². The van der Waals surface area contributed by atoms with Crippen molar-refractivity contribution >= 4 is 6.08 Å². The van der Waals surface area contributed by atoms with Crippen LogP contribution in [0.4, 0.5) is 0 Å². The number of aryl methyl sites for hydroxylation is 1. The highest BCUT2D eigenvalue weighted by Gasteiger charge is 2.21. The second-order valence-electron chi connectivity index (χ2n) is 8.37. The third-order valence-electron chi connectivity index (χ3n) is 6.16. The zero-order chi connectivity index (χ0) is 22.6. The van der Waals surface area contributed by atoms with E-state index in [1.807, 2.05) is 18.2 Å². The first-order chi connectivity index (χ1) is 16.2. The van der Waals surface area contributed by atoms with Crippen molar-refractivity contribution in [3.05, 3.63) is 88.5 Å². The molecule has 0 aromatic heterocycles. The van der Waals surface area contributed by atoms with Crippen molar-refractivity contribution in [3.63, 3.8) is 0 Å². The lowest BCUT2D eigenvalue weighted by Crippen LogP contribution is -2.28. The van der Waals surface area contributed by atoms with Crippen LogP contribution in [0.3, 0.4) is 0 Å². The van der Waals surface area contributed by atoms with E-state index in [0.717, 1.165) is 52.7 Å². The molecule has 2 aliphatic heterocycles. The van der Waals surface area contributed by atoms with E-state index in [9.17, 15) is 0 Å². The summed E-state index contributed by atoms with van der Waals surface area (Å²) in [6.45, 7) is 4.71. The first kappa shape index (κ1) is 21.4. The molecule has 0 spiro atoms. The maximum Gasteiger partial charge on any atom is 0.161 e. The second kappa shape index (κ2) is 9.59. The molecule has 5 rings (SSSR count). The van der Waals surface area contributed by atoms with E-state index in [4.69, 9.17) is 18.9 Å². The lowest BCUT2D eigenvalue weighted by molar-refractivity contribution is 0.171. The largest absolute Gasteiger partial charge is 0.493 e. The monoisotopic (exact) mass is 443 g/mol. The Morgan fingerprint density at radius 2 is 1.79 bits per heavy atom. The highest BCUT2D eigenvalue weighted by Crippen LogP contribution is 2.37. The van der Waals surface area contributed by atoms with Crippen LogP contribution in [0.1, 0.15) is 33.9 Å². The van der Waals surface area contributed by atoms with Gasteiger partial charge in [-0.25, -0.2) is 0 Å². The molecule has 1 N–H and O–H groups in total. The summed E-state index contributed by atoms with van der Waals surface area (Å²) in [5, 5.41) is 3.62. The number of ether oxygens (including phenoxy) is 4. The van der Waals surface area contributed by atoms with Crippen LogP contribution < -0.4 is 24.3 Å². The molecule has 2 aliphatic rings. The molecule has 0 saturated heterocycles. The van der Waals surface area contributed by atoms with E-state index >= 15 is 0 Å². The molecule has 3 aromatic carbocycles. The third kappa shape index (κ3) is 4.69. The molecule has 2 heterocycles. The maximum absolute atomic E-state index is 6.12. The molecule has 0 saturated carbocycles. The minimum absolute atomic E-state index is 0.0958. The van der Waals surface area contributed by atoms with E-state index < -0.39 is 0 Å². The Labute approximate surface area is 194 Å². The minimum Gasteiger partial charge on any atom is -0.493 e. The van der Waals surface area contributed by atoms with Crippen molar-refractivity contribution in [1.29, 1.82) is 0 Å². The van der Waals surface area contributed by atoms with E-state index in [-0.39, 0.29) is 6.04 Å². The zero-order valence-electron chi connectivity index (χ0n) is 19.1. The molecule has 0 radical (unpaired) electrons. The molecule has 0 fully saturated rings. The molecule has 5 heteroatoms. The molecular formula is C28H29NO4. The number of nitrogens with one attached hydrogen (secondary N) is 1. The minimum atomic E-state index is 0.0958. The zero-order valence-corrected chi connectivity index (χ0v) is 19.1. The van der Waals surface area contributed by atoms with Gasteiger partial charge in [-0.3, -0.25) is 0 Å². The van der Waals surface area contributed by atoms with Crippen LogP contribution >= 0.6 is 0 Å². The first-order valence-electron chi connectivity index (χ1n) is 11.4. The third-order valence-corrected chi connectivity index (χ3v) is 6.16. The topological polar surface area (TPSA) is 49.0 Å². The summed E-state index contributed by atoms with van der Waals surface area (Å²) < 4.78 is 23.3. The van der Waals surface area contributed by atoms with Crippen molar-refractivity contribution in [3.8, 4) is 23.0 Å². The molecule has 5 nitrogen and oxygen atoms in total. The van der Waals surface area contributed by atoms with Gasteiger partial charge in [0.25, 0.3) is 0 Å².